The Morgan fingerprint density at radius 2 is 1.96 bits per heavy atom. The van der Waals surface area contributed by atoms with Crippen LogP contribution in [0.25, 0.3) is 11.2 Å². The van der Waals surface area contributed by atoms with Gasteiger partial charge in [0.05, 0.1) is 19.1 Å². The first-order valence-corrected chi connectivity index (χ1v) is 7.39. The van der Waals surface area contributed by atoms with Crippen LogP contribution in [0, 0.1) is 13.8 Å². The van der Waals surface area contributed by atoms with E-state index in [9.17, 15) is 10.2 Å². The van der Waals surface area contributed by atoms with Crippen LogP contribution in [0.4, 0.5) is 0 Å². The molecule has 11 heteroatoms. The summed E-state index contributed by atoms with van der Waals surface area (Å²) in [7, 11) is 1.61. The van der Waals surface area contributed by atoms with E-state index in [4.69, 9.17) is 4.74 Å². The Balaban J connectivity index is 1.75. The van der Waals surface area contributed by atoms with Crippen molar-refractivity contribution in [2.45, 2.75) is 38.4 Å². The summed E-state index contributed by atoms with van der Waals surface area (Å²) in [5.74, 6) is 0.792. The molecule has 0 aliphatic carbocycles. The fourth-order valence-electron chi connectivity index (χ4n) is 2.90. The van der Waals surface area contributed by atoms with Gasteiger partial charge in [-0.2, -0.15) is 4.80 Å². The summed E-state index contributed by atoms with van der Waals surface area (Å²) in [5, 5.41) is 32.3. The van der Waals surface area contributed by atoms with Gasteiger partial charge in [-0.05, 0) is 19.1 Å². The van der Waals surface area contributed by atoms with Crippen LogP contribution in [0.2, 0.25) is 0 Å². The number of aryl methyl sites for hydroxylation is 3. The van der Waals surface area contributed by atoms with Gasteiger partial charge < -0.3 is 14.9 Å². The van der Waals surface area contributed by atoms with Gasteiger partial charge in [0.1, 0.15) is 23.5 Å². The number of rotatable bonds is 2. The molecule has 11 nitrogen and oxygen atoms in total. The van der Waals surface area contributed by atoms with Gasteiger partial charge in [-0.25, -0.2) is 15.0 Å². The van der Waals surface area contributed by atoms with Crippen LogP contribution in [-0.2, 0) is 11.8 Å². The lowest BCUT2D eigenvalue weighted by atomic mass is 10.1. The van der Waals surface area contributed by atoms with Gasteiger partial charge in [-0.1, -0.05) is 0 Å². The second-order valence-electron chi connectivity index (χ2n) is 5.75. The lowest BCUT2D eigenvalue weighted by Crippen LogP contribution is -2.29. The Kier molecular flexibility index (Phi) is 3.30. The molecule has 0 unspecified atom stereocenters. The number of nitrogens with zero attached hydrogens (tertiary/aromatic N) is 8. The first-order chi connectivity index (χ1) is 11.5. The smallest absolute Gasteiger partial charge is 0.206 e. The van der Waals surface area contributed by atoms with Crippen molar-refractivity contribution >= 4 is 11.2 Å². The molecular weight excluding hydrogens is 316 g/mol. The van der Waals surface area contributed by atoms with E-state index < -0.39 is 24.5 Å². The molecule has 4 atom stereocenters. The number of fused-ring (bicyclic) bond motifs is 1. The average Bonchev–Trinajstić information content (AvgIpc) is 3.20. The zero-order chi connectivity index (χ0) is 17.0. The second-order valence-corrected chi connectivity index (χ2v) is 5.75. The molecule has 1 aliphatic rings. The molecule has 1 aliphatic heterocycles. The molecule has 24 heavy (non-hydrogen) atoms. The van der Waals surface area contributed by atoms with E-state index in [0.717, 1.165) is 5.69 Å². The average molecular weight is 332 g/mol. The summed E-state index contributed by atoms with van der Waals surface area (Å²) in [6.45, 7) is 3.61. The van der Waals surface area contributed by atoms with Crippen LogP contribution in [0.15, 0.2) is 6.33 Å². The SMILES string of the molecule is Cc1nc(C)c2ncn([C@@H]3O[C@H](c4nnn(C)n4)[C@@H](O)[C@H]3O)c2n1. The maximum atomic E-state index is 10.4. The van der Waals surface area contributed by atoms with Crippen molar-refractivity contribution in [2.75, 3.05) is 0 Å². The Labute approximate surface area is 135 Å². The molecule has 0 amide bonds. The Morgan fingerprint density at radius 3 is 2.67 bits per heavy atom. The van der Waals surface area contributed by atoms with E-state index in [1.807, 2.05) is 6.92 Å². The normalized spacial score (nSPS) is 27.2. The molecule has 1 fully saturated rings. The standard InChI is InChI=1S/C13H16N8O3/c1-5-7-12(16-6(2)15-5)21(4-14-7)13-9(23)8(22)10(24-13)11-17-19-20(3)18-11/h4,8-10,13,22-23H,1-3H3/t8-,9+,10-,13+/m0/s1. The Bertz CT molecular complexity index is 906. The summed E-state index contributed by atoms with van der Waals surface area (Å²) < 4.78 is 7.39. The molecule has 4 heterocycles. The van der Waals surface area contributed by atoms with Crippen LogP contribution in [0.5, 0.6) is 0 Å². The number of aliphatic hydroxyl groups is 2. The molecule has 3 aromatic heterocycles. The lowest BCUT2D eigenvalue weighted by molar-refractivity contribution is -0.0384. The first-order valence-electron chi connectivity index (χ1n) is 7.39. The predicted molar refractivity (Wildman–Crippen MR) is 78.5 cm³/mol. The quantitative estimate of drug-likeness (QED) is 0.602. The van der Waals surface area contributed by atoms with Crippen molar-refractivity contribution in [3.05, 3.63) is 23.7 Å². The minimum absolute atomic E-state index is 0.206. The second kappa shape index (κ2) is 5.26. The van der Waals surface area contributed by atoms with E-state index in [0.29, 0.717) is 17.0 Å². The summed E-state index contributed by atoms with van der Waals surface area (Å²) in [4.78, 5) is 14.2. The molecule has 1 saturated heterocycles. The summed E-state index contributed by atoms with van der Waals surface area (Å²) in [6.07, 6.45) is -2.63. The van der Waals surface area contributed by atoms with Gasteiger partial charge in [0.2, 0.25) is 5.82 Å². The van der Waals surface area contributed by atoms with Gasteiger partial charge in [-0.15, -0.1) is 10.2 Å². The van der Waals surface area contributed by atoms with Gasteiger partial charge >= 0.3 is 0 Å². The molecule has 0 saturated carbocycles. The highest BCUT2D eigenvalue weighted by atomic mass is 16.6. The molecule has 0 spiro atoms. The van der Waals surface area contributed by atoms with E-state index in [-0.39, 0.29) is 5.82 Å². The fraction of sp³-hybridized carbons (Fsp3) is 0.538. The van der Waals surface area contributed by atoms with Crippen molar-refractivity contribution < 1.29 is 14.9 Å². The number of imidazole rings is 1. The number of hydrogen-bond acceptors (Lipinski definition) is 9. The predicted octanol–water partition coefficient (Wildman–Crippen LogP) is -1.04. The first kappa shape index (κ1) is 15.1. The zero-order valence-corrected chi connectivity index (χ0v) is 13.3. The van der Waals surface area contributed by atoms with Crippen LogP contribution >= 0.6 is 0 Å². The minimum Gasteiger partial charge on any atom is -0.387 e. The molecule has 0 aromatic carbocycles. The highest BCUT2D eigenvalue weighted by molar-refractivity contribution is 5.73. The van der Waals surface area contributed by atoms with Crippen LogP contribution in [0.3, 0.4) is 0 Å². The Hall–Kier alpha value is -2.50. The minimum atomic E-state index is -1.19. The van der Waals surface area contributed by atoms with Gasteiger partial charge in [0, 0.05) is 0 Å². The van der Waals surface area contributed by atoms with Gasteiger partial charge in [0.25, 0.3) is 0 Å². The van der Waals surface area contributed by atoms with Crippen LogP contribution in [-0.4, -0.2) is 62.1 Å². The van der Waals surface area contributed by atoms with Crippen molar-refractivity contribution in [3.63, 3.8) is 0 Å². The van der Waals surface area contributed by atoms with Crippen molar-refractivity contribution in [1.29, 1.82) is 0 Å². The van der Waals surface area contributed by atoms with Crippen molar-refractivity contribution in [2.24, 2.45) is 7.05 Å². The number of aliphatic hydroxyl groups excluding tert-OH is 2. The molecule has 126 valence electrons. The third-order valence-electron chi connectivity index (χ3n) is 4.00. The highest BCUT2D eigenvalue weighted by Crippen LogP contribution is 2.38. The van der Waals surface area contributed by atoms with Gasteiger partial charge in [0.15, 0.2) is 18.0 Å². The van der Waals surface area contributed by atoms with E-state index >= 15 is 0 Å². The van der Waals surface area contributed by atoms with Gasteiger partial charge in [-0.3, -0.25) is 4.57 Å². The number of ether oxygens (including phenoxy) is 1. The Morgan fingerprint density at radius 1 is 1.17 bits per heavy atom. The largest absolute Gasteiger partial charge is 0.387 e. The van der Waals surface area contributed by atoms with E-state index in [1.54, 1.807) is 18.5 Å². The maximum absolute atomic E-state index is 10.4. The number of hydrogen-bond donors (Lipinski definition) is 2. The third-order valence-corrected chi connectivity index (χ3v) is 4.00. The monoisotopic (exact) mass is 332 g/mol. The molecule has 0 bridgehead atoms. The fourth-order valence-corrected chi connectivity index (χ4v) is 2.90. The molecular formula is C13H16N8O3. The van der Waals surface area contributed by atoms with Crippen molar-refractivity contribution in [1.82, 2.24) is 39.7 Å². The highest BCUT2D eigenvalue weighted by Gasteiger charge is 2.47. The molecule has 2 N–H and O–H groups in total. The summed E-state index contributed by atoms with van der Waals surface area (Å²) in [5.41, 5.74) is 1.88. The van der Waals surface area contributed by atoms with Crippen molar-refractivity contribution in [3.8, 4) is 0 Å². The maximum Gasteiger partial charge on any atom is 0.206 e. The molecule has 0 radical (unpaired) electrons. The van der Waals surface area contributed by atoms with E-state index in [2.05, 4.69) is 30.4 Å². The number of tetrazole rings is 1. The molecule has 3 aromatic rings. The lowest BCUT2D eigenvalue weighted by Gasteiger charge is -2.16. The van der Waals surface area contributed by atoms with E-state index in [1.165, 1.54) is 11.1 Å². The zero-order valence-electron chi connectivity index (χ0n) is 13.3. The summed E-state index contributed by atoms with van der Waals surface area (Å²) >= 11 is 0. The summed E-state index contributed by atoms with van der Waals surface area (Å²) in [6, 6.07) is 0. The van der Waals surface area contributed by atoms with Crippen LogP contribution in [0.1, 0.15) is 29.7 Å². The van der Waals surface area contributed by atoms with Crippen LogP contribution < -0.4 is 0 Å². The number of aromatic nitrogens is 8. The third kappa shape index (κ3) is 2.17. The topological polar surface area (TPSA) is 137 Å². The molecule has 4 rings (SSSR count).